The zero-order valence-electron chi connectivity index (χ0n) is 9.41. The van der Waals surface area contributed by atoms with E-state index < -0.39 is 5.97 Å². The molecule has 0 spiro atoms. The Kier molecular flexibility index (Phi) is 3.29. The van der Waals surface area contributed by atoms with Crippen LogP contribution >= 0.6 is 0 Å². The third-order valence-corrected chi connectivity index (χ3v) is 4.11. The van der Waals surface area contributed by atoms with Crippen molar-refractivity contribution in [1.29, 1.82) is 0 Å². The summed E-state index contributed by atoms with van der Waals surface area (Å²) in [4.78, 5) is 10.8. The Hall–Kier alpha value is -0.570. The highest BCUT2D eigenvalue weighted by Gasteiger charge is 2.49. The third kappa shape index (κ3) is 2.33. The smallest absolute Gasteiger partial charge is 0.306 e. The summed E-state index contributed by atoms with van der Waals surface area (Å²) in [5.74, 6) is 0.453. The summed E-state index contributed by atoms with van der Waals surface area (Å²) in [6.07, 6.45) is 7.47. The molecule has 3 atom stereocenters. The average Bonchev–Trinajstić information content (AvgIpc) is 3.01. The maximum Gasteiger partial charge on any atom is 0.306 e. The standard InChI is InChI=1S/C12H21NO2/c1-13-11(8-5-3-2-4-6-8)9-7-10(9)12(14)15/h8-11,13H,2-7H2,1H3,(H,14,15). The second-order valence-electron chi connectivity index (χ2n) is 5.06. The molecule has 0 aromatic heterocycles. The lowest BCUT2D eigenvalue weighted by atomic mass is 9.81. The molecule has 2 aliphatic rings. The largest absolute Gasteiger partial charge is 0.481 e. The van der Waals surface area contributed by atoms with Crippen LogP contribution in [0.25, 0.3) is 0 Å². The van der Waals surface area contributed by atoms with Gasteiger partial charge in [-0.15, -0.1) is 0 Å². The number of carboxylic acid groups (broad SMARTS) is 1. The summed E-state index contributed by atoms with van der Waals surface area (Å²) < 4.78 is 0. The van der Waals surface area contributed by atoms with Crippen LogP contribution < -0.4 is 5.32 Å². The molecule has 0 aromatic carbocycles. The lowest BCUT2D eigenvalue weighted by Gasteiger charge is -2.30. The Morgan fingerprint density at radius 2 is 2.00 bits per heavy atom. The van der Waals surface area contributed by atoms with E-state index in [-0.39, 0.29) is 5.92 Å². The van der Waals surface area contributed by atoms with E-state index in [1.54, 1.807) is 0 Å². The molecular formula is C12H21NO2. The monoisotopic (exact) mass is 211 g/mol. The van der Waals surface area contributed by atoms with Crippen molar-refractivity contribution in [2.75, 3.05) is 7.05 Å². The molecule has 0 radical (unpaired) electrons. The molecule has 3 nitrogen and oxygen atoms in total. The average molecular weight is 211 g/mol. The van der Waals surface area contributed by atoms with E-state index in [9.17, 15) is 4.79 Å². The summed E-state index contributed by atoms with van der Waals surface area (Å²) in [5, 5.41) is 12.3. The van der Waals surface area contributed by atoms with Gasteiger partial charge in [0, 0.05) is 6.04 Å². The van der Waals surface area contributed by atoms with Gasteiger partial charge < -0.3 is 10.4 Å². The maximum absolute atomic E-state index is 10.8. The van der Waals surface area contributed by atoms with E-state index in [0.29, 0.717) is 12.0 Å². The minimum atomic E-state index is -0.601. The van der Waals surface area contributed by atoms with Gasteiger partial charge in [0.05, 0.1) is 5.92 Å². The zero-order chi connectivity index (χ0) is 10.8. The van der Waals surface area contributed by atoms with E-state index in [1.807, 2.05) is 7.05 Å². The van der Waals surface area contributed by atoms with E-state index in [4.69, 9.17) is 5.11 Å². The molecule has 3 heteroatoms. The summed E-state index contributed by atoms with van der Waals surface area (Å²) in [5.41, 5.74) is 0. The van der Waals surface area contributed by atoms with Crippen molar-refractivity contribution in [3.63, 3.8) is 0 Å². The minimum absolute atomic E-state index is 0.0654. The first-order chi connectivity index (χ1) is 7.24. The predicted molar refractivity (Wildman–Crippen MR) is 58.7 cm³/mol. The molecule has 86 valence electrons. The van der Waals surface area contributed by atoms with Crippen LogP contribution in [0.1, 0.15) is 38.5 Å². The number of rotatable bonds is 4. The van der Waals surface area contributed by atoms with E-state index in [1.165, 1.54) is 32.1 Å². The molecule has 2 saturated carbocycles. The number of carbonyl (C=O) groups is 1. The van der Waals surface area contributed by atoms with Crippen molar-refractivity contribution >= 4 is 5.97 Å². The fraction of sp³-hybridized carbons (Fsp3) is 0.917. The Morgan fingerprint density at radius 3 is 2.47 bits per heavy atom. The molecule has 15 heavy (non-hydrogen) atoms. The molecule has 2 rings (SSSR count). The van der Waals surface area contributed by atoms with Gasteiger partial charge in [-0.05, 0) is 38.1 Å². The van der Waals surface area contributed by atoms with Gasteiger partial charge in [0.2, 0.25) is 0 Å². The molecular weight excluding hydrogens is 190 g/mol. The zero-order valence-corrected chi connectivity index (χ0v) is 9.41. The molecule has 0 saturated heterocycles. The summed E-state index contributed by atoms with van der Waals surface area (Å²) >= 11 is 0. The van der Waals surface area contributed by atoms with E-state index in [2.05, 4.69) is 5.32 Å². The first-order valence-corrected chi connectivity index (χ1v) is 6.14. The molecule has 0 bridgehead atoms. The summed E-state index contributed by atoms with van der Waals surface area (Å²) in [6, 6.07) is 0.450. The second-order valence-corrected chi connectivity index (χ2v) is 5.06. The van der Waals surface area contributed by atoms with Gasteiger partial charge in [-0.3, -0.25) is 4.79 Å². The number of aliphatic carboxylic acids is 1. The second kappa shape index (κ2) is 4.52. The molecule has 0 aromatic rings. The van der Waals surface area contributed by atoms with Crippen LogP contribution in [0.15, 0.2) is 0 Å². The number of nitrogens with one attached hydrogen (secondary N) is 1. The lowest BCUT2D eigenvalue weighted by molar-refractivity contribution is -0.139. The van der Waals surface area contributed by atoms with E-state index in [0.717, 1.165) is 12.3 Å². The highest BCUT2D eigenvalue weighted by Crippen LogP contribution is 2.45. The Bertz CT molecular complexity index is 236. The van der Waals surface area contributed by atoms with Crippen molar-refractivity contribution in [2.45, 2.75) is 44.6 Å². The number of hydrogen-bond donors (Lipinski definition) is 2. The molecule has 3 unspecified atom stereocenters. The van der Waals surface area contributed by atoms with Gasteiger partial charge in [0.15, 0.2) is 0 Å². The van der Waals surface area contributed by atoms with Crippen LogP contribution in [0.5, 0.6) is 0 Å². The van der Waals surface area contributed by atoms with Crippen LogP contribution in [-0.4, -0.2) is 24.2 Å². The van der Waals surface area contributed by atoms with Crippen LogP contribution in [-0.2, 0) is 4.79 Å². The van der Waals surface area contributed by atoms with Crippen LogP contribution in [0.2, 0.25) is 0 Å². The topological polar surface area (TPSA) is 49.3 Å². The first kappa shape index (κ1) is 10.9. The SMILES string of the molecule is CNC(C1CCCCC1)C1CC1C(=O)O. The van der Waals surface area contributed by atoms with Crippen molar-refractivity contribution in [3.8, 4) is 0 Å². The maximum atomic E-state index is 10.8. The number of carboxylic acids is 1. The lowest BCUT2D eigenvalue weighted by Crippen LogP contribution is -2.37. The van der Waals surface area contributed by atoms with Crippen LogP contribution in [0, 0.1) is 17.8 Å². The van der Waals surface area contributed by atoms with Crippen molar-refractivity contribution in [2.24, 2.45) is 17.8 Å². The highest BCUT2D eigenvalue weighted by atomic mass is 16.4. The van der Waals surface area contributed by atoms with Crippen molar-refractivity contribution in [1.82, 2.24) is 5.32 Å². The molecule has 0 aliphatic heterocycles. The Balaban J connectivity index is 1.90. The highest BCUT2D eigenvalue weighted by molar-refractivity contribution is 5.73. The Morgan fingerprint density at radius 1 is 1.33 bits per heavy atom. The molecule has 2 aliphatic carbocycles. The normalized spacial score (nSPS) is 33.7. The number of hydrogen-bond acceptors (Lipinski definition) is 2. The first-order valence-electron chi connectivity index (χ1n) is 6.14. The van der Waals surface area contributed by atoms with Gasteiger partial charge in [-0.2, -0.15) is 0 Å². The van der Waals surface area contributed by atoms with Gasteiger partial charge in [-0.1, -0.05) is 19.3 Å². The quantitative estimate of drug-likeness (QED) is 0.746. The van der Waals surface area contributed by atoms with Crippen molar-refractivity contribution in [3.05, 3.63) is 0 Å². The molecule has 0 amide bonds. The molecule has 0 heterocycles. The van der Waals surface area contributed by atoms with Gasteiger partial charge >= 0.3 is 5.97 Å². The van der Waals surface area contributed by atoms with Gasteiger partial charge in [0.1, 0.15) is 0 Å². The fourth-order valence-electron chi connectivity index (χ4n) is 3.19. The van der Waals surface area contributed by atoms with E-state index >= 15 is 0 Å². The summed E-state index contributed by atoms with van der Waals surface area (Å²) in [6.45, 7) is 0. The summed E-state index contributed by atoms with van der Waals surface area (Å²) in [7, 11) is 1.98. The predicted octanol–water partition coefficient (Wildman–Crippen LogP) is 1.88. The fourth-order valence-corrected chi connectivity index (χ4v) is 3.19. The van der Waals surface area contributed by atoms with Gasteiger partial charge in [0.25, 0.3) is 0 Å². The van der Waals surface area contributed by atoms with Gasteiger partial charge in [-0.25, -0.2) is 0 Å². The minimum Gasteiger partial charge on any atom is -0.481 e. The third-order valence-electron chi connectivity index (χ3n) is 4.11. The Labute approximate surface area is 91.2 Å². The molecule has 2 N–H and O–H groups in total. The van der Waals surface area contributed by atoms with Crippen LogP contribution in [0.4, 0.5) is 0 Å². The molecule has 2 fully saturated rings. The van der Waals surface area contributed by atoms with Crippen molar-refractivity contribution < 1.29 is 9.90 Å². The van der Waals surface area contributed by atoms with Crippen LogP contribution in [0.3, 0.4) is 0 Å².